The van der Waals surface area contributed by atoms with Gasteiger partial charge in [0, 0.05) is 18.5 Å². The lowest BCUT2D eigenvalue weighted by atomic mass is 10.0. The van der Waals surface area contributed by atoms with Crippen LogP contribution in [-0.2, 0) is 18.8 Å². The maximum atomic E-state index is 12.3. The zero-order chi connectivity index (χ0) is 23.6. The summed E-state index contributed by atoms with van der Waals surface area (Å²) >= 11 is 0. The second-order valence-electron chi connectivity index (χ2n) is 8.93. The predicted octanol–water partition coefficient (Wildman–Crippen LogP) is 2.76. The molecule has 2 aliphatic rings. The quantitative estimate of drug-likeness (QED) is 0.437. The van der Waals surface area contributed by atoms with Gasteiger partial charge in [0.05, 0.1) is 12.7 Å². The van der Waals surface area contributed by atoms with Crippen molar-refractivity contribution >= 4 is 20.3 Å². The summed E-state index contributed by atoms with van der Waals surface area (Å²) in [5.41, 5.74) is 4.60. The van der Waals surface area contributed by atoms with Crippen molar-refractivity contribution in [1.82, 2.24) is 14.6 Å². The summed E-state index contributed by atoms with van der Waals surface area (Å²) < 4.78 is 25.0. The van der Waals surface area contributed by atoms with Gasteiger partial charge >= 0.3 is 20.2 Å². The van der Waals surface area contributed by atoms with E-state index in [0.29, 0.717) is 18.6 Å². The molecule has 4 rings (SSSR count). The summed E-state index contributed by atoms with van der Waals surface area (Å²) in [6, 6.07) is 10.3. The van der Waals surface area contributed by atoms with Crippen LogP contribution in [0.1, 0.15) is 39.8 Å². The lowest BCUT2D eigenvalue weighted by Crippen LogP contribution is -2.32. The van der Waals surface area contributed by atoms with Crippen LogP contribution in [0.5, 0.6) is 5.75 Å². The minimum atomic E-state index is -1.65. The molecule has 10 nitrogen and oxygen atoms in total. The molecular formula is C22H29N4O6P. The van der Waals surface area contributed by atoms with Crippen LogP contribution < -0.4 is 21.0 Å². The normalized spacial score (nSPS) is 27.3. The van der Waals surface area contributed by atoms with E-state index < -0.39 is 32.1 Å². The van der Waals surface area contributed by atoms with Gasteiger partial charge in [-0.25, -0.2) is 9.88 Å². The maximum Gasteiger partial charge on any atom is 0.351 e. The van der Waals surface area contributed by atoms with Crippen LogP contribution in [0.2, 0.25) is 0 Å². The average Bonchev–Trinajstić information content (AvgIpc) is 3.24. The summed E-state index contributed by atoms with van der Waals surface area (Å²) in [4.78, 5) is 28.3. The molecule has 178 valence electrons. The van der Waals surface area contributed by atoms with Crippen molar-refractivity contribution in [2.24, 2.45) is 5.92 Å². The minimum absolute atomic E-state index is 0.0709. The second kappa shape index (κ2) is 9.77. The number of esters is 1. The van der Waals surface area contributed by atoms with Gasteiger partial charge in [-0.3, -0.25) is 9.36 Å². The highest BCUT2D eigenvalue weighted by molar-refractivity contribution is 7.45. The molecule has 3 heterocycles. The lowest BCUT2D eigenvalue weighted by molar-refractivity contribution is -0.147. The zero-order valence-corrected chi connectivity index (χ0v) is 19.7. The number of nitrogen functional groups attached to an aromatic ring is 1. The first-order chi connectivity index (χ1) is 15.7. The van der Waals surface area contributed by atoms with Gasteiger partial charge in [0.25, 0.3) is 0 Å². The fraction of sp³-hybridized carbons (Fsp3) is 0.500. The minimum Gasteiger partial charge on any atom is -0.458 e. The Bertz CT molecular complexity index is 1030. The molecule has 2 aliphatic heterocycles. The first-order valence-corrected chi connectivity index (χ1v) is 12.0. The van der Waals surface area contributed by atoms with Gasteiger partial charge in [-0.1, -0.05) is 25.1 Å². The number of carbonyl (C=O) groups is 1. The highest BCUT2D eigenvalue weighted by atomic mass is 31.2. The highest BCUT2D eigenvalue weighted by Gasteiger charge is 2.42. The average molecular weight is 476 g/mol. The Balaban J connectivity index is 1.41. The number of benzene rings is 1. The number of cyclic esters (lactones) is 1. The fourth-order valence-corrected chi connectivity index (χ4v) is 5.23. The largest absolute Gasteiger partial charge is 0.458 e. The molecule has 5 unspecified atom stereocenters. The van der Waals surface area contributed by atoms with Crippen molar-refractivity contribution in [3.8, 4) is 5.75 Å². The summed E-state index contributed by atoms with van der Waals surface area (Å²) in [6.07, 6.45) is 2.08. The van der Waals surface area contributed by atoms with Crippen molar-refractivity contribution in [1.29, 1.82) is 0 Å². The number of hydrogen-bond acceptors (Lipinski definition) is 9. The van der Waals surface area contributed by atoms with Gasteiger partial charge in [-0.2, -0.15) is 4.98 Å². The van der Waals surface area contributed by atoms with E-state index in [2.05, 4.69) is 10.1 Å². The number of aromatic nitrogens is 2. The predicted molar refractivity (Wildman–Crippen MR) is 122 cm³/mol. The van der Waals surface area contributed by atoms with E-state index in [9.17, 15) is 9.59 Å². The molecule has 2 aromatic rings. The van der Waals surface area contributed by atoms with E-state index in [0.717, 1.165) is 0 Å². The number of ether oxygens (including phenoxy) is 2. The third-order valence-electron chi connectivity index (χ3n) is 5.51. The molecule has 1 aromatic carbocycles. The number of para-hydroxylation sites is 1. The molecule has 1 aromatic heterocycles. The number of hydrogen-bond donors (Lipinski definition) is 2. The van der Waals surface area contributed by atoms with Crippen molar-refractivity contribution in [2.75, 3.05) is 12.3 Å². The molecule has 5 atom stereocenters. The van der Waals surface area contributed by atoms with Crippen LogP contribution in [0.15, 0.2) is 47.4 Å². The Morgan fingerprint density at radius 2 is 2.03 bits per heavy atom. The van der Waals surface area contributed by atoms with E-state index in [-0.39, 0.29) is 30.4 Å². The maximum absolute atomic E-state index is 12.3. The number of nitrogens with one attached hydrogen (secondary N) is 1. The van der Waals surface area contributed by atoms with Crippen molar-refractivity contribution in [3.05, 3.63) is 53.1 Å². The van der Waals surface area contributed by atoms with Crippen LogP contribution in [0, 0.1) is 5.92 Å². The van der Waals surface area contributed by atoms with Gasteiger partial charge in [-0.05, 0) is 38.5 Å². The molecule has 0 bridgehead atoms. The Morgan fingerprint density at radius 1 is 1.27 bits per heavy atom. The number of rotatable bonds is 8. The number of anilines is 1. The van der Waals surface area contributed by atoms with Gasteiger partial charge < -0.3 is 24.3 Å². The first kappa shape index (κ1) is 23.6. The molecule has 2 saturated heterocycles. The molecule has 0 aliphatic carbocycles. The molecule has 33 heavy (non-hydrogen) atoms. The smallest absolute Gasteiger partial charge is 0.351 e. The van der Waals surface area contributed by atoms with E-state index in [1.54, 1.807) is 12.3 Å². The van der Waals surface area contributed by atoms with Crippen LogP contribution >= 0.6 is 8.53 Å². The standard InChI is InChI=1S/C22H29N4O6P/c1-14-11-16(30-19(14)26-10-9-18(23)24-21(26)28)13-29-33(32-15-7-5-4-6-8-15)25-17-12-22(2,3)31-20(17)27/h4-10,14,16-17,19,25H,11-13H2,1-3H3,(H2,23,24,28). The van der Waals surface area contributed by atoms with E-state index in [4.69, 9.17) is 24.3 Å². The van der Waals surface area contributed by atoms with Gasteiger partial charge in [0.1, 0.15) is 29.4 Å². The second-order valence-corrected chi connectivity index (χ2v) is 10.1. The lowest BCUT2D eigenvalue weighted by Gasteiger charge is -2.22. The van der Waals surface area contributed by atoms with E-state index >= 15 is 0 Å². The van der Waals surface area contributed by atoms with Gasteiger partial charge in [0.2, 0.25) is 0 Å². The summed E-state index contributed by atoms with van der Waals surface area (Å²) in [5, 5.41) is 3.17. The zero-order valence-electron chi connectivity index (χ0n) is 18.8. The molecule has 3 N–H and O–H groups in total. The molecular weight excluding hydrogens is 447 g/mol. The summed E-state index contributed by atoms with van der Waals surface area (Å²) in [7, 11) is -1.65. The topological polar surface area (TPSA) is 127 Å². The van der Waals surface area contributed by atoms with E-state index in [1.807, 2.05) is 51.1 Å². The summed E-state index contributed by atoms with van der Waals surface area (Å²) in [6.45, 7) is 5.98. The molecule has 0 radical (unpaired) electrons. The Hall–Kier alpha value is -2.52. The van der Waals surface area contributed by atoms with E-state index in [1.165, 1.54) is 4.57 Å². The van der Waals surface area contributed by atoms with Crippen LogP contribution in [0.3, 0.4) is 0 Å². The van der Waals surface area contributed by atoms with Gasteiger partial charge in [0.15, 0.2) is 0 Å². The Kier molecular flexibility index (Phi) is 6.99. The number of nitrogens with two attached hydrogens (primary N) is 1. The van der Waals surface area contributed by atoms with Crippen molar-refractivity contribution in [3.63, 3.8) is 0 Å². The molecule has 11 heteroatoms. The molecule has 0 saturated carbocycles. The number of nitrogens with zero attached hydrogens (tertiary/aromatic N) is 2. The third-order valence-corrected chi connectivity index (χ3v) is 6.79. The van der Waals surface area contributed by atoms with Crippen LogP contribution in [0.4, 0.5) is 5.82 Å². The van der Waals surface area contributed by atoms with Crippen LogP contribution in [-0.4, -0.2) is 39.9 Å². The first-order valence-electron chi connectivity index (χ1n) is 10.9. The highest BCUT2D eigenvalue weighted by Crippen LogP contribution is 2.41. The molecule has 0 amide bonds. The molecule has 0 spiro atoms. The fourth-order valence-electron chi connectivity index (χ4n) is 3.99. The SMILES string of the molecule is CC1CC(COP(NC2CC(C)(C)OC2=O)Oc2ccccc2)OC1n1ccc(N)nc1=O. The Labute approximate surface area is 193 Å². The van der Waals surface area contributed by atoms with Crippen molar-refractivity contribution in [2.45, 2.75) is 57.6 Å². The Morgan fingerprint density at radius 3 is 2.70 bits per heavy atom. The molecule has 2 fully saturated rings. The third kappa shape index (κ3) is 5.89. The van der Waals surface area contributed by atoms with Gasteiger partial charge in [-0.15, -0.1) is 0 Å². The monoisotopic (exact) mass is 476 g/mol. The van der Waals surface area contributed by atoms with Crippen LogP contribution in [0.25, 0.3) is 0 Å². The summed E-state index contributed by atoms with van der Waals surface area (Å²) in [5.74, 6) is 0.542. The number of carbonyl (C=O) groups excluding carboxylic acids is 1. The van der Waals surface area contributed by atoms with Crippen molar-refractivity contribution < 1.29 is 23.3 Å².